The number of benzene rings is 1. The second-order valence-electron chi connectivity index (χ2n) is 5.54. The van der Waals surface area contributed by atoms with Crippen molar-refractivity contribution in [1.82, 2.24) is 14.9 Å². The minimum atomic E-state index is -0.331. The van der Waals surface area contributed by atoms with E-state index in [-0.39, 0.29) is 16.9 Å². The van der Waals surface area contributed by atoms with Crippen molar-refractivity contribution in [1.29, 1.82) is 0 Å². The summed E-state index contributed by atoms with van der Waals surface area (Å²) in [7, 11) is 0. The molecule has 122 valence electrons. The van der Waals surface area contributed by atoms with Crippen LogP contribution in [0.2, 0.25) is 0 Å². The SMILES string of the molecule is CCn1cc(C(=O)NCCc2ccncc2)c(=O)c2ccccc21. The van der Waals surface area contributed by atoms with Crippen LogP contribution in [0.1, 0.15) is 22.8 Å². The van der Waals surface area contributed by atoms with Gasteiger partial charge < -0.3 is 9.88 Å². The fraction of sp³-hybridized carbons (Fsp3) is 0.211. The Morgan fingerprint density at radius 2 is 1.92 bits per heavy atom. The molecule has 1 aromatic carbocycles. The molecular formula is C19H19N3O2. The largest absolute Gasteiger partial charge is 0.352 e. The Bertz CT molecular complexity index is 917. The molecule has 0 saturated carbocycles. The third kappa shape index (κ3) is 3.20. The average molecular weight is 321 g/mol. The fourth-order valence-electron chi connectivity index (χ4n) is 2.73. The first-order chi connectivity index (χ1) is 11.7. The van der Waals surface area contributed by atoms with Crippen LogP contribution >= 0.6 is 0 Å². The quantitative estimate of drug-likeness (QED) is 0.785. The number of carbonyl (C=O) groups excluding carboxylic acids is 1. The maximum Gasteiger partial charge on any atom is 0.256 e. The molecule has 2 heterocycles. The molecule has 0 aliphatic rings. The number of aryl methyl sites for hydroxylation is 1. The lowest BCUT2D eigenvalue weighted by atomic mass is 10.1. The van der Waals surface area contributed by atoms with Crippen LogP contribution in [0.15, 0.2) is 59.8 Å². The summed E-state index contributed by atoms with van der Waals surface area (Å²) in [5.41, 5.74) is 1.90. The molecule has 24 heavy (non-hydrogen) atoms. The maximum atomic E-state index is 12.6. The van der Waals surface area contributed by atoms with Crippen LogP contribution in [0.4, 0.5) is 0 Å². The zero-order chi connectivity index (χ0) is 16.9. The van der Waals surface area contributed by atoms with Gasteiger partial charge in [-0.1, -0.05) is 12.1 Å². The first-order valence-corrected chi connectivity index (χ1v) is 8.00. The number of nitrogens with one attached hydrogen (secondary N) is 1. The predicted molar refractivity (Wildman–Crippen MR) is 94.2 cm³/mol. The molecule has 5 heteroatoms. The summed E-state index contributed by atoms with van der Waals surface area (Å²) in [5, 5.41) is 3.40. The third-order valence-electron chi connectivity index (χ3n) is 4.02. The summed E-state index contributed by atoms with van der Waals surface area (Å²) in [6.45, 7) is 3.15. The van der Waals surface area contributed by atoms with E-state index in [4.69, 9.17) is 0 Å². The van der Waals surface area contributed by atoms with E-state index in [1.54, 1.807) is 24.7 Å². The smallest absolute Gasteiger partial charge is 0.256 e. The molecule has 0 radical (unpaired) electrons. The minimum Gasteiger partial charge on any atom is -0.352 e. The van der Waals surface area contributed by atoms with Gasteiger partial charge in [0.1, 0.15) is 5.56 Å². The molecule has 0 spiro atoms. The fourth-order valence-corrected chi connectivity index (χ4v) is 2.73. The van der Waals surface area contributed by atoms with E-state index in [0.29, 0.717) is 24.9 Å². The summed E-state index contributed by atoms with van der Waals surface area (Å²) >= 11 is 0. The Balaban J connectivity index is 1.82. The lowest BCUT2D eigenvalue weighted by molar-refractivity contribution is 0.0952. The number of hydrogen-bond donors (Lipinski definition) is 1. The van der Waals surface area contributed by atoms with Crippen LogP contribution in [0.25, 0.3) is 10.9 Å². The third-order valence-corrected chi connectivity index (χ3v) is 4.02. The Kier molecular flexibility index (Phi) is 4.70. The first kappa shape index (κ1) is 15.9. The molecule has 5 nitrogen and oxygen atoms in total. The molecule has 0 atom stereocenters. The lowest BCUT2D eigenvalue weighted by Gasteiger charge is -2.11. The van der Waals surface area contributed by atoms with Crippen LogP contribution in [0, 0.1) is 0 Å². The van der Waals surface area contributed by atoms with E-state index in [9.17, 15) is 9.59 Å². The molecule has 1 amide bonds. The zero-order valence-electron chi connectivity index (χ0n) is 13.5. The number of aromatic nitrogens is 2. The monoisotopic (exact) mass is 321 g/mol. The van der Waals surface area contributed by atoms with Crippen molar-refractivity contribution in [3.05, 3.63) is 76.3 Å². The number of carbonyl (C=O) groups is 1. The van der Waals surface area contributed by atoms with E-state index in [2.05, 4.69) is 10.3 Å². The van der Waals surface area contributed by atoms with Crippen LogP contribution < -0.4 is 10.7 Å². The molecule has 0 bridgehead atoms. The van der Waals surface area contributed by atoms with Gasteiger partial charge >= 0.3 is 0 Å². The molecule has 1 N–H and O–H groups in total. The van der Waals surface area contributed by atoms with Crippen molar-refractivity contribution in [2.24, 2.45) is 0 Å². The van der Waals surface area contributed by atoms with Gasteiger partial charge in [0, 0.05) is 37.1 Å². The van der Waals surface area contributed by atoms with Gasteiger partial charge in [-0.25, -0.2) is 0 Å². The molecule has 0 fully saturated rings. The number of fused-ring (bicyclic) bond motifs is 1. The van der Waals surface area contributed by atoms with Crippen LogP contribution in [-0.4, -0.2) is 22.0 Å². The summed E-state index contributed by atoms with van der Waals surface area (Å²) in [4.78, 5) is 29.0. The van der Waals surface area contributed by atoms with Crippen molar-refractivity contribution in [3.63, 3.8) is 0 Å². The van der Waals surface area contributed by atoms with Crippen molar-refractivity contribution in [3.8, 4) is 0 Å². The van der Waals surface area contributed by atoms with E-state index >= 15 is 0 Å². The van der Waals surface area contributed by atoms with Crippen LogP contribution in [-0.2, 0) is 13.0 Å². The number of pyridine rings is 2. The van der Waals surface area contributed by atoms with Gasteiger partial charge in [-0.3, -0.25) is 14.6 Å². The highest BCUT2D eigenvalue weighted by atomic mass is 16.2. The van der Waals surface area contributed by atoms with E-state index in [1.165, 1.54) is 0 Å². The highest BCUT2D eigenvalue weighted by molar-refractivity contribution is 5.97. The summed E-state index contributed by atoms with van der Waals surface area (Å²) in [5.74, 6) is -0.331. The van der Waals surface area contributed by atoms with Gasteiger partial charge in [-0.05, 0) is 43.2 Å². The molecule has 0 saturated heterocycles. The maximum absolute atomic E-state index is 12.6. The second kappa shape index (κ2) is 7.08. The summed E-state index contributed by atoms with van der Waals surface area (Å²) in [6, 6.07) is 11.2. The number of amides is 1. The number of nitrogens with zero attached hydrogens (tertiary/aromatic N) is 2. The normalized spacial score (nSPS) is 10.7. The molecule has 0 aliphatic heterocycles. The molecular weight excluding hydrogens is 302 g/mol. The Morgan fingerprint density at radius 1 is 1.17 bits per heavy atom. The van der Waals surface area contributed by atoms with E-state index in [1.807, 2.05) is 41.8 Å². The van der Waals surface area contributed by atoms with Gasteiger partial charge in [-0.15, -0.1) is 0 Å². The lowest BCUT2D eigenvalue weighted by Crippen LogP contribution is -2.31. The summed E-state index contributed by atoms with van der Waals surface area (Å²) in [6.07, 6.45) is 5.79. The van der Waals surface area contributed by atoms with Gasteiger partial charge in [-0.2, -0.15) is 0 Å². The van der Waals surface area contributed by atoms with Crippen molar-refractivity contribution in [2.75, 3.05) is 6.54 Å². The Hall–Kier alpha value is -2.95. The number of para-hydroxylation sites is 1. The molecule has 3 rings (SSSR count). The standard InChI is InChI=1S/C19H19N3O2/c1-2-22-13-16(18(23)15-5-3-4-6-17(15)22)19(24)21-12-9-14-7-10-20-11-8-14/h3-8,10-11,13H,2,9,12H2,1H3,(H,21,24). The van der Waals surface area contributed by atoms with Gasteiger partial charge in [0.2, 0.25) is 5.43 Å². The highest BCUT2D eigenvalue weighted by Gasteiger charge is 2.14. The van der Waals surface area contributed by atoms with Gasteiger partial charge in [0.15, 0.2) is 0 Å². The highest BCUT2D eigenvalue weighted by Crippen LogP contribution is 2.11. The van der Waals surface area contributed by atoms with E-state index < -0.39 is 0 Å². The molecule has 2 aromatic heterocycles. The summed E-state index contributed by atoms with van der Waals surface area (Å²) < 4.78 is 1.93. The van der Waals surface area contributed by atoms with Crippen LogP contribution in [0.5, 0.6) is 0 Å². The Labute approximate surface area is 140 Å². The molecule has 0 unspecified atom stereocenters. The predicted octanol–water partition coefficient (Wildman–Crippen LogP) is 2.39. The Morgan fingerprint density at radius 3 is 2.67 bits per heavy atom. The second-order valence-corrected chi connectivity index (χ2v) is 5.54. The zero-order valence-corrected chi connectivity index (χ0v) is 13.5. The average Bonchev–Trinajstić information content (AvgIpc) is 2.63. The van der Waals surface area contributed by atoms with E-state index in [0.717, 1.165) is 11.1 Å². The van der Waals surface area contributed by atoms with Crippen molar-refractivity contribution >= 4 is 16.8 Å². The van der Waals surface area contributed by atoms with Gasteiger partial charge in [0.05, 0.1) is 5.52 Å². The van der Waals surface area contributed by atoms with Crippen molar-refractivity contribution < 1.29 is 4.79 Å². The topological polar surface area (TPSA) is 64.0 Å². The minimum absolute atomic E-state index is 0.185. The molecule has 0 aliphatic carbocycles. The molecule has 3 aromatic rings. The van der Waals surface area contributed by atoms with Crippen molar-refractivity contribution in [2.45, 2.75) is 19.9 Å². The number of hydrogen-bond acceptors (Lipinski definition) is 3. The van der Waals surface area contributed by atoms with Crippen LogP contribution in [0.3, 0.4) is 0 Å². The first-order valence-electron chi connectivity index (χ1n) is 8.00. The number of rotatable bonds is 5. The van der Waals surface area contributed by atoms with Gasteiger partial charge in [0.25, 0.3) is 5.91 Å².